The summed E-state index contributed by atoms with van der Waals surface area (Å²) in [6, 6.07) is 16.7. The Balaban J connectivity index is 2.08. The average molecular weight is 256 g/mol. The lowest BCUT2D eigenvalue weighted by Gasteiger charge is -2.00. The number of hydrogen-bond donors (Lipinski definition) is 1. The Morgan fingerprint density at radius 1 is 1.17 bits per heavy atom. The van der Waals surface area contributed by atoms with Crippen molar-refractivity contribution in [3.05, 3.63) is 64.7 Å². The van der Waals surface area contributed by atoms with E-state index in [0.29, 0.717) is 10.6 Å². The Kier molecular flexibility index (Phi) is 3.95. The van der Waals surface area contributed by atoms with Crippen LogP contribution in [0.3, 0.4) is 0 Å². The van der Waals surface area contributed by atoms with Crippen molar-refractivity contribution in [2.24, 2.45) is 5.10 Å². The van der Waals surface area contributed by atoms with Gasteiger partial charge in [0.15, 0.2) is 0 Å². The summed E-state index contributed by atoms with van der Waals surface area (Å²) in [7, 11) is 0. The number of rotatable bonds is 3. The molecule has 2 rings (SSSR count). The summed E-state index contributed by atoms with van der Waals surface area (Å²) in [5.74, 6) is 0. The quantitative estimate of drug-likeness (QED) is 0.672. The van der Waals surface area contributed by atoms with Crippen molar-refractivity contribution < 1.29 is 0 Å². The van der Waals surface area contributed by atoms with E-state index in [-0.39, 0.29) is 0 Å². The highest BCUT2D eigenvalue weighted by molar-refractivity contribution is 6.33. The predicted molar refractivity (Wildman–Crippen MR) is 73.8 cm³/mol. The third-order valence-corrected chi connectivity index (χ3v) is 2.63. The van der Waals surface area contributed by atoms with E-state index in [4.69, 9.17) is 16.9 Å². The van der Waals surface area contributed by atoms with Crippen LogP contribution in [0, 0.1) is 11.3 Å². The summed E-state index contributed by atoms with van der Waals surface area (Å²) in [6.45, 7) is 0. The highest BCUT2D eigenvalue weighted by Crippen LogP contribution is 2.15. The molecule has 0 heterocycles. The van der Waals surface area contributed by atoms with Crippen LogP contribution >= 0.6 is 11.6 Å². The minimum absolute atomic E-state index is 0.507. The first kappa shape index (κ1) is 12.2. The summed E-state index contributed by atoms with van der Waals surface area (Å²) in [5.41, 5.74) is 5.09. The minimum Gasteiger partial charge on any atom is -0.279 e. The number of nitrogens with zero attached hydrogens (tertiary/aromatic N) is 2. The molecular formula is C14H10ClN3. The molecule has 0 saturated carbocycles. The van der Waals surface area contributed by atoms with Gasteiger partial charge in [0.05, 0.1) is 28.6 Å². The van der Waals surface area contributed by atoms with Gasteiger partial charge in [-0.1, -0.05) is 35.9 Å². The summed E-state index contributed by atoms with van der Waals surface area (Å²) >= 11 is 6.02. The lowest BCUT2D eigenvalue weighted by molar-refractivity contribution is 1.35. The van der Waals surface area contributed by atoms with Crippen molar-refractivity contribution in [2.75, 3.05) is 5.43 Å². The van der Waals surface area contributed by atoms with Gasteiger partial charge < -0.3 is 0 Å². The Labute approximate surface area is 110 Å². The Morgan fingerprint density at radius 2 is 1.94 bits per heavy atom. The molecule has 3 nitrogen and oxygen atoms in total. The molecule has 0 aliphatic carbocycles. The van der Waals surface area contributed by atoms with E-state index in [0.717, 1.165) is 11.3 Å². The molecule has 0 spiro atoms. The van der Waals surface area contributed by atoms with Gasteiger partial charge in [0, 0.05) is 5.56 Å². The fourth-order valence-corrected chi connectivity index (χ4v) is 1.62. The molecule has 2 aromatic carbocycles. The first-order valence-electron chi connectivity index (χ1n) is 5.33. The molecule has 88 valence electrons. The van der Waals surface area contributed by atoms with Crippen LogP contribution in [0.5, 0.6) is 0 Å². The van der Waals surface area contributed by atoms with Crippen LogP contribution in [-0.4, -0.2) is 6.21 Å². The standard InChI is InChI=1S/C14H10ClN3/c15-14-8-11(9-16)6-7-12(14)10-17-18-13-4-2-1-3-5-13/h1-8,10,18H. The monoisotopic (exact) mass is 255 g/mol. The topological polar surface area (TPSA) is 48.2 Å². The zero-order chi connectivity index (χ0) is 12.8. The summed E-state index contributed by atoms with van der Waals surface area (Å²) in [6.07, 6.45) is 1.62. The van der Waals surface area contributed by atoms with Gasteiger partial charge >= 0.3 is 0 Å². The first-order valence-corrected chi connectivity index (χ1v) is 5.71. The second-order valence-corrected chi connectivity index (χ2v) is 3.99. The van der Waals surface area contributed by atoms with E-state index in [9.17, 15) is 0 Å². The van der Waals surface area contributed by atoms with E-state index in [1.807, 2.05) is 36.4 Å². The van der Waals surface area contributed by atoms with Gasteiger partial charge in [0.25, 0.3) is 0 Å². The molecule has 0 atom stereocenters. The molecule has 0 radical (unpaired) electrons. The zero-order valence-electron chi connectivity index (χ0n) is 9.47. The van der Waals surface area contributed by atoms with Crippen molar-refractivity contribution in [1.82, 2.24) is 0 Å². The van der Waals surface area contributed by atoms with Crippen molar-refractivity contribution in [2.45, 2.75) is 0 Å². The molecule has 0 aliphatic rings. The molecule has 0 amide bonds. The number of nitriles is 1. The minimum atomic E-state index is 0.507. The Hall–Kier alpha value is -2.31. The number of halogens is 1. The third-order valence-electron chi connectivity index (χ3n) is 2.30. The fourth-order valence-electron chi connectivity index (χ4n) is 1.39. The van der Waals surface area contributed by atoms with Gasteiger partial charge in [-0.3, -0.25) is 5.43 Å². The molecule has 1 N–H and O–H groups in total. The molecule has 2 aromatic rings. The lowest BCUT2D eigenvalue weighted by Crippen LogP contribution is -1.91. The first-order chi connectivity index (χ1) is 8.79. The number of benzene rings is 2. The highest BCUT2D eigenvalue weighted by atomic mass is 35.5. The van der Waals surface area contributed by atoms with Gasteiger partial charge in [0.2, 0.25) is 0 Å². The maximum atomic E-state index is 8.72. The van der Waals surface area contributed by atoms with Crippen molar-refractivity contribution in [1.29, 1.82) is 5.26 Å². The van der Waals surface area contributed by atoms with E-state index in [2.05, 4.69) is 10.5 Å². The van der Waals surface area contributed by atoms with Crippen molar-refractivity contribution in [3.8, 4) is 6.07 Å². The van der Waals surface area contributed by atoms with Gasteiger partial charge in [-0.05, 0) is 24.3 Å². The molecule has 4 heteroatoms. The number of hydrogen-bond acceptors (Lipinski definition) is 3. The fraction of sp³-hybridized carbons (Fsp3) is 0. The average Bonchev–Trinajstić information content (AvgIpc) is 2.42. The maximum absolute atomic E-state index is 8.72. The predicted octanol–water partition coefficient (Wildman–Crippen LogP) is 3.66. The van der Waals surface area contributed by atoms with Crippen LogP contribution in [-0.2, 0) is 0 Å². The van der Waals surface area contributed by atoms with Crippen molar-refractivity contribution >= 4 is 23.5 Å². The van der Waals surface area contributed by atoms with E-state index in [1.165, 1.54) is 0 Å². The maximum Gasteiger partial charge on any atom is 0.0992 e. The highest BCUT2D eigenvalue weighted by Gasteiger charge is 1.98. The number of para-hydroxylation sites is 1. The van der Waals surface area contributed by atoms with Gasteiger partial charge in [-0.2, -0.15) is 10.4 Å². The zero-order valence-corrected chi connectivity index (χ0v) is 10.2. The van der Waals surface area contributed by atoms with Gasteiger partial charge in [0.1, 0.15) is 0 Å². The van der Waals surface area contributed by atoms with E-state index < -0.39 is 0 Å². The Bertz CT molecular complexity index is 600. The van der Waals surface area contributed by atoms with Crippen LogP contribution < -0.4 is 5.43 Å². The van der Waals surface area contributed by atoms with Gasteiger partial charge in [-0.25, -0.2) is 0 Å². The largest absolute Gasteiger partial charge is 0.279 e. The SMILES string of the molecule is N#Cc1ccc(C=NNc2ccccc2)c(Cl)c1. The summed E-state index contributed by atoms with van der Waals surface area (Å²) in [5, 5.41) is 13.3. The number of anilines is 1. The molecule has 0 saturated heterocycles. The van der Waals surface area contributed by atoms with E-state index >= 15 is 0 Å². The Morgan fingerprint density at radius 3 is 2.61 bits per heavy atom. The van der Waals surface area contributed by atoms with Crippen LogP contribution in [0.15, 0.2) is 53.6 Å². The molecule has 0 unspecified atom stereocenters. The van der Waals surface area contributed by atoms with Crippen LogP contribution in [0.1, 0.15) is 11.1 Å². The molecule has 0 fully saturated rings. The molecule has 0 aromatic heterocycles. The number of hydrazone groups is 1. The van der Waals surface area contributed by atoms with E-state index in [1.54, 1.807) is 24.4 Å². The lowest BCUT2D eigenvalue weighted by atomic mass is 10.2. The van der Waals surface area contributed by atoms with Crippen LogP contribution in [0.2, 0.25) is 5.02 Å². The smallest absolute Gasteiger partial charge is 0.0992 e. The molecule has 0 bridgehead atoms. The molecule has 0 aliphatic heterocycles. The number of nitrogens with one attached hydrogen (secondary N) is 1. The van der Waals surface area contributed by atoms with Crippen molar-refractivity contribution in [3.63, 3.8) is 0 Å². The third kappa shape index (κ3) is 3.09. The van der Waals surface area contributed by atoms with Crippen LogP contribution in [0.25, 0.3) is 0 Å². The normalized spacial score (nSPS) is 10.2. The second kappa shape index (κ2) is 5.85. The summed E-state index contributed by atoms with van der Waals surface area (Å²) in [4.78, 5) is 0. The van der Waals surface area contributed by atoms with Crippen LogP contribution in [0.4, 0.5) is 5.69 Å². The molecule has 18 heavy (non-hydrogen) atoms. The summed E-state index contributed by atoms with van der Waals surface area (Å²) < 4.78 is 0. The molecular weight excluding hydrogens is 246 g/mol. The second-order valence-electron chi connectivity index (χ2n) is 3.58. The van der Waals surface area contributed by atoms with Gasteiger partial charge in [-0.15, -0.1) is 0 Å².